The highest BCUT2D eigenvalue weighted by molar-refractivity contribution is 8.16. The number of carbonyl (C=O) groups is 1. The molecule has 2 aliphatic heterocycles. The van der Waals surface area contributed by atoms with Gasteiger partial charge in [0.1, 0.15) is 0 Å². The molecule has 2 saturated heterocycles. The number of aliphatic imine (C=N–C) groups is 1. The molecule has 2 aliphatic rings. The lowest BCUT2D eigenvalue weighted by molar-refractivity contribution is -0.121. The Hall–Kier alpha value is -0.760. The number of fused-ring (bicyclic) bond motifs is 1. The fourth-order valence-electron chi connectivity index (χ4n) is 2.92. The van der Waals surface area contributed by atoms with Gasteiger partial charge in [-0.3, -0.25) is 4.79 Å². The van der Waals surface area contributed by atoms with Gasteiger partial charge in [0.2, 0.25) is 0 Å². The quantitative estimate of drug-likeness (QED) is 0.746. The first kappa shape index (κ1) is 19.0. The molecular weight excluding hydrogens is 403 g/mol. The summed E-state index contributed by atoms with van der Waals surface area (Å²) in [5.41, 5.74) is 0.513. The third-order valence-corrected chi connectivity index (χ3v) is 8.30. The summed E-state index contributed by atoms with van der Waals surface area (Å²) >= 11 is 14.0. The number of hydrogen-bond acceptors (Lipinski definition) is 4. The van der Waals surface area contributed by atoms with Crippen molar-refractivity contribution in [2.75, 3.05) is 16.4 Å². The summed E-state index contributed by atoms with van der Waals surface area (Å²) in [6.45, 7) is 3.75. The van der Waals surface area contributed by atoms with E-state index in [4.69, 9.17) is 23.2 Å². The third kappa shape index (κ3) is 3.70. The number of halogens is 2. The lowest BCUT2D eigenvalue weighted by atomic mass is 10.1. The molecule has 136 valence electrons. The zero-order valence-corrected chi connectivity index (χ0v) is 16.9. The minimum Gasteiger partial charge on any atom is -0.313 e. The molecule has 0 unspecified atom stereocenters. The van der Waals surface area contributed by atoms with Crippen LogP contribution in [0.5, 0.6) is 0 Å². The van der Waals surface area contributed by atoms with Gasteiger partial charge < -0.3 is 4.90 Å². The average Bonchev–Trinajstić information content (AvgIpc) is 2.98. The first-order valence-corrected chi connectivity index (χ1v) is 11.4. The molecule has 0 aliphatic carbocycles. The number of benzene rings is 1. The first-order valence-electron chi connectivity index (χ1n) is 7.96. The molecule has 3 atom stereocenters. The molecule has 3 rings (SSSR count). The number of amidine groups is 1. The van der Waals surface area contributed by atoms with Crippen LogP contribution in [0.25, 0.3) is 0 Å². The van der Waals surface area contributed by atoms with E-state index in [1.54, 1.807) is 23.1 Å². The zero-order valence-electron chi connectivity index (χ0n) is 13.8. The van der Waals surface area contributed by atoms with E-state index in [1.165, 1.54) is 11.8 Å². The predicted octanol–water partition coefficient (Wildman–Crippen LogP) is 3.64. The molecule has 0 spiro atoms. The Balaban J connectivity index is 2.07. The first-order chi connectivity index (χ1) is 11.7. The van der Waals surface area contributed by atoms with Gasteiger partial charge in [-0.05, 0) is 18.6 Å². The zero-order chi connectivity index (χ0) is 18.4. The normalized spacial score (nSPS) is 27.5. The Bertz CT molecular complexity index is 822. The SMILES string of the molecule is CC[C@H](C)C(=O)N=C1S[C@@H]2CS(=O)(=O)C[C@@H]2N1c1c(Cl)cccc1Cl. The van der Waals surface area contributed by atoms with Gasteiger partial charge in [-0.15, -0.1) is 0 Å². The van der Waals surface area contributed by atoms with Gasteiger partial charge in [0, 0.05) is 11.2 Å². The van der Waals surface area contributed by atoms with Crippen LogP contribution >= 0.6 is 35.0 Å². The van der Waals surface area contributed by atoms with E-state index >= 15 is 0 Å². The van der Waals surface area contributed by atoms with Crippen LogP contribution in [0.1, 0.15) is 20.3 Å². The predicted molar refractivity (Wildman–Crippen MR) is 105 cm³/mol. The maximum atomic E-state index is 12.3. The van der Waals surface area contributed by atoms with Crippen molar-refractivity contribution in [3.05, 3.63) is 28.2 Å². The lowest BCUT2D eigenvalue weighted by Gasteiger charge is -2.26. The van der Waals surface area contributed by atoms with Gasteiger partial charge in [0.05, 0.1) is 33.3 Å². The van der Waals surface area contributed by atoms with Gasteiger partial charge in [0.25, 0.3) is 5.91 Å². The van der Waals surface area contributed by atoms with Crippen LogP contribution in [-0.2, 0) is 14.6 Å². The van der Waals surface area contributed by atoms with E-state index in [-0.39, 0.29) is 34.6 Å². The second-order valence-electron chi connectivity index (χ2n) is 6.28. The minimum atomic E-state index is -3.13. The van der Waals surface area contributed by atoms with Crippen molar-refractivity contribution < 1.29 is 13.2 Å². The third-order valence-electron chi connectivity index (χ3n) is 4.48. The van der Waals surface area contributed by atoms with E-state index in [2.05, 4.69) is 4.99 Å². The smallest absolute Gasteiger partial charge is 0.250 e. The molecule has 0 N–H and O–H groups in total. The molecule has 5 nitrogen and oxygen atoms in total. The molecule has 0 bridgehead atoms. The summed E-state index contributed by atoms with van der Waals surface area (Å²) in [7, 11) is -3.13. The van der Waals surface area contributed by atoms with Gasteiger partial charge >= 0.3 is 0 Å². The molecule has 2 fully saturated rings. The number of rotatable bonds is 3. The van der Waals surface area contributed by atoms with E-state index in [0.29, 0.717) is 27.3 Å². The van der Waals surface area contributed by atoms with Crippen molar-refractivity contribution in [2.24, 2.45) is 10.9 Å². The Morgan fingerprint density at radius 2 is 2.00 bits per heavy atom. The fraction of sp³-hybridized carbons (Fsp3) is 0.500. The summed E-state index contributed by atoms with van der Waals surface area (Å²) in [5, 5.41) is 1.11. The largest absolute Gasteiger partial charge is 0.313 e. The second kappa shape index (κ2) is 7.10. The highest BCUT2D eigenvalue weighted by Gasteiger charge is 2.50. The molecule has 0 aromatic heterocycles. The van der Waals surface area contributed by atoms with Crippen LogP contribution in [0.15, 0.2) is 23.2 Å². The average molecular weight is 421 g/mol. The maximum absolute atomic E-state index is 12.3. The van der Waals surface area contributed by atoms with Gasteiger partial charge in [0.15, 0.2) is 15.0 Å². The highest BCUT2D eigenvalue weighted by atomic mass is 35.5. The Kier molecular flexibility index (Phi) is 5.40. The van der Waals surface area contributed by atoms with Crippen LogP contribution < -0.4 is 4.90 Å². The number of amides is 1. The van der Waals surface area contributed by atoms with Crippen LogP contribution in [0.2, 0.25) is 10.0 Å². The molecule has 2 heterocycles. The van der Waals surface area contributed by atoms with E-state index in [0.717, 1.165) is 0 Å². The van der Waals surface area contributed by atoms with Crippen molar-refractivity contribution in [3.63, 3.8) is 0 Å². The van der Waals surface area contributed by atoms with Crippen LogP contribution in [0.4, 0.5) is 5.69 Å². The molecule has 1 amide bonds. The minimum absolute atomic E-state index is 0.00274. The number of sulfone groups is 1. The molecular formula is C16H18Cl2N2O3S2. The molecule has 1 aromatic carbocycles. The van der Waals surface area contributed by atoms with Crippen molar-refractivity contribution >= 4 is 61.6 Å². The molecule has 0 radical (unpaired) electrons. The van der Waals surface area contributed by atoms with Gasteiger partial charge in [-0.1, -0.05) is 54.9 Å². The van der Waals surface area contributed by atoms with Crippen molar-refractivity contribution in [1.82, 2.24) is 0 Å². The van der Waals surface area contributed by atoms with Gasteiger partial charge in [-0.25, -0.2) is 8.42 Å². The standard InChI is InChI=1S/C16H18Cl2N2O3S2/c1-3-9(2)15(21)19-16-20(14-10(17)5-4-6-11(14)18)12-7-25(22,23)8-13(12)24-16/h4-6,9,12-13H,3,7-8H2,1-2H3/t9-,12-,13+/m0/s1. The summed E-state index contributed by atoms with van der Waals surface area (Å²) in [6, 6.07) is 4.79. The van der Waals surface area contributed by atoms with Gasteiger partial charge in [-0.2, -0.15) is 4.99 Å². The molecule has 25 heavy (non-hydrogen) atoms. The Morgan fingerprint density at radius 1 is 1.36 bits per heavy atom. The maximum Gasteiger partial charge on any atom is 0.250 e. The molecule has 0 saturated carbocycles. The molecule has 1 aromatic rings. The number of hydrogen-bond donors (Lipinski definition) is 0. The van der Waals surface area contributed by atoms with Crippen LogP contribution in [0, 0.1) is 5.92 Å². The van der Waals surface area contributed by atoms with Crippen molar-refractivity contribution in [3.8, 4) is 0 Å². The summed E-state index contributed by atoms with van der Waals surface area (Å²) in [5.74, 6) is -0.345. The lowest BCUT2D eigenvalue weighted by Crippen LogP contribution is -2.38. The Labute approximate surface area is 161 Å². The number of nitrogens with zero attached hydrogens (tertiary/aromatic N) is 2. The van der Waals surface area contributed by atoms with E-state index in [1.807, 2.05) is 13.8 Å². The summed E-state index contributed by atoms with van der Waals surface area (Å²) in [4.78, 5) is 18.3. The summed E-state index contributed by atoms with van der Waals surface area (Å²) < 4.78 is 24.1. The number of thioether (sulfide) groups is 1. The van der Waals surface area contributed by atoms with Crippen molar-refractivity contribution in [2.45, 2.75) is 31.6 Å². The summed E-state index contributed by atoms with van der Waals surface area (Å²) in [6.07, 6.45) is 0.689. The number of carbonyl (C=O) groups excluding carboxylic acids is 1. The van der Waals surface area contributed by atoms with Crippen molar-refractivity contribution in [1.29, 1.82) is 0 Å². The number of anilines is 1. The number of para-hydroxylation sites is 1. The van der Waals surface area contributed by atoms with E-state index in [9.17, 15) is 13.2 Å². The highest BCUT2D eigenvalue weighted by Crippen LogP contribution is 2.45. The topological polar surface area (TPSA) is 66.8 Å². The molecule has 9 heteroatoms. The van der Waals surface area contributed by atoms with E-state index < -0.39 is 9.84 Å². The van der Waals surface area contributed by atoms with Crippen LogP contribution in [-0.4, -0.2) is 42.3 Å². The van der Waals surface area contributed by atoms with Crippen LogP contribution in [0.3, 0.4) is 0 Å². The second-order valence-corrected chi connectivity index (χ2v) is 10.5. The monoisotopic (exact) mass is 420 g/mol. The fourth-order valence-corrected chi connectivity index (χ4v) is 7.41. The Morgan fingerprint density at radius 3 is 2.60 bits per heavy atom.